The van der Waals surface area contributed by atoms with E-state index in [1.807, 2.05) is 24.3 Å². The molecule has 2 N–H and O–H groups in total. The molecule has 5 nitrogen and oxygen atoms in total. The molecule has 3 fully saturated rings. The van der Waals surface area contributed by atoms with Crippen LogP contribution in [0.4, 0.5) is 5.69 Å². The highest BCUT2D eigenvalue weighted by Gasteiger charge is 2.34. The fourth-order valence-electron chi connectivity index (χ4n) is 5.58. The quantitative estimate of drug-likeness (QED) is 0.663. The van der Waals surface area contributed by atoms with Crippen molar-refractivity contribution < 1.29 is 9.59 Å². The summed E-state index contributed by atoms with van der Waals surface area (Å²) in [7, 11) is 0. The number of ketones is 1. The summed E-state index contributed by atoms with van der Waals surface area (Å²) in [5, 5.41) is 4.01. The van der Waals surface area contributed by atoms with Gasteiger partial charge < -0.3 is 10.3 Å². The molecule has 3 aliphatic rings. The van der Waals surface area contributed by atoms with Crippen LogP contribution in [0.15, 0.2) is 24.3 Å². The molecule has 0 atom stereocenters. The number of aromatic amines is 1. The molecule has 2 aromatic rings. The number of likely N-dealkylation sites (tertiary alicyclic amines) is 1. The maximum Gasteiger partial charge on any atom is 0.238 e. The van der Waals surface area contributed by atoms with Crippen LogP contribution in [0, 0.1) is 17.8 Å². The predicted octanol–water partition coefficient (Wildman–Crippen LogP) is 4.99. The van der Waals surface area contributed by atoms with Crippen LogP contribution in [0.2, 0.25) is 0 Å². The van der Waals surface area contributed by atoms with Crippen molar-refractivity contribution in [2.75, 3.05) is 25.0 Å². The molecule has 2 saturated carbocycles. The van der Waals surface area contributed by atoms with E-state index in [1.165, 1.54) is 44.9 Å². The molecule has 30 heavy (non-hydrogen) atoms. The van der Waals surface area contributed by atoms with Gasteiger partial charge in [0.15, 0.2) is 5.78 Å². The first-order valence-electron chi connectivity index (χ1n) is 11.9. The average Bonchev–Trinajstić information content (AvgIpc) is 3.57. The van der Waals surface area contributed by atoms with Crippen LogP contribution in [-0.2, 0) is 4.79 Å². The number of fused-ring (bicyclic) bond motifs is 1. The molecular weight excluding hydrogens is 374 g/mol. The molecule has 0 unspecified atom stereocenters. The van der Waals surface area contributed by atoms with Crippen LogP contribution in [0.3, 0.4) is 0 Å². The summed E-state index contributed by atoms with van der Waals surface area (Å²) in [6, 6.07) is 7.84. The van der Waals surface area contributed by atoms with Gasteiger partial charge in [0.1, 0.15) is 5.69 Å². The lowest BCUT2D eigenvalue weighted by molar-refractivity contribution is -0.117. The van der Waals surface area contributed by atoms with Gasteiger partial charge in [-0.25, -0.2) is 0 Å². The summed E-state index contributed by atoms with van der Waals surface area (Å²) >= 11 is 0. The molecule has 1 aromatic carbocycles. The van der Waals surface area contributed by atoms with Crippen LogP contribution < -0.4 is 5.32 Å². The van der Waals surface area contributed by atoms with E-state index in [0.717, 1.165) is 48.7 Å². The van der Waals surface area contributed by atoms with Gasteiger partial charge in [0.2, 0.25) is 5.91 Å². The van der Waals surface area contributed by atoms with Crippen LogP contribution in [0.5, 0.6) is 0 Å². The number of Topliss-reactive ketones (excluding diaryl/α,β-unsaturated/α-hetero) is 1. The molecule has 0 radical (unpaired) electrons. The Bertz CT molecular complexity index is 916. The van der Waals surface area contributed by atoms with Crippen molar-refractivity contribution in [2.45, 2.75) is 57.8 Å². The third kappa shape index (κ3) is 4.18. The number of aromatic nitrogens is 1. The number of para-hydroxylation sites is 1. The number of H-pyrrole nitrogens is 1. The Balaban J connectivity index is 1.22. The predicted molar refractivity (Wildman–Crippen MR) is 120 cm³/mol. The molecule has 5 rings (SSSR count). The molecule has 0 spiro atoms. The van der Waals surface area contributed by atoms with Gasteiger partial charge >= 0.3 is 0 Å². The fourth-order valence-corrected chi connectivity index (χ4v) is 5.58. The largest absolute Gasteiger partial charge is 0.350 e. The minimum absolute atomic E-state index is 0.0132. The molecule has 2 aliphatic carbocycles. The molecule has 1 aliphatic heterocycles. The Hall–Kier alpha value is -2.14. The molecular formula is C25H33N3O2. The number of piperidine rings is 1. The number of hydrogen-bond acceptors (Lipinski definition) is 3. The Labute approximate surface area is 178 Å². The third-order valence-corrected chi connectivity index (χ3v) is 7.48. The number of carbonyl (C=O) groups excluding carboxylic acids is 2. The molecule has 0 bridgehead atoms. The monoisotopic (exact) mass is 407 g/mol. The van der Waals surface area contributed by atoms with Gasteiger partial charge in [-0.3, -0.25) is 14.5 Å². The van der Waals surface area contributed by atoms with E-state index in [2.05, 4.69) is 15.2 Å². The van der Waals surface area contributed by atoms with Crippen LogP contribution in [0.1, 0.15) is 68.3 Å². The van der Waals surface area contributed by atoms with Gasteiger partial charge in [-0.15, -0.1) is 0 Å². The van der Waals surface area contributed by atoms with Crippen LogP contribution in [-0.4, -0.2) is 41.2 Å². The molecule has 1 aromatic heterocycles. The Morgan fingerprint density at radius 2 is 1.63 bits per heavy atom. The molecule has 1 saturated heterocycles. The number of benzene rings is 1. The number of hydrogen-bond donors (Lipinski definition) is 2. The van der Waals surface area contributed by atoms with Crippen molar-refractivity contribution in [1.29, 1.82) is 0 Å². The van der Waals surface area contributed by atoms with E-state index in [1.54, 1.807) is 0 Å². The lowest BCUT2D eigenvalue weighted by atomic mass is 9.76. The number of amides is 1. The summed E-state index contributed by atoms with van der Waals surface area (Å²) in [4.78, 5) is 31.2. The first-order valence-corrected chi connectivity index (χ1v) is 11.9. The second-order valence-corrected chi connectivity index (χ2v) is 9.62. The second kappa shape index (κ2) is 8.54. The summed E-state index contributed by atoms with van der Waals surface area (Å²) in [5.41, 5.74) is 2.15. The van der Waals surface area contributed by atoms with Gasteiger partial charge in [0.25, 0.3) is 0 Å². The Morgan fingerprint density at radius 3 is 2.37 bits per heavy atom. The second-order valence-electron chi connectivity index (χ2n) is 9.62. The molecule has 1 amide bonds. The smallest absolute Gasteiger partial charge is 0.238 e. The van der Waals surface area contributed by atoms with Crippen molar-refractivity contribution in [2.24, 2.45) is 17.8 Å². The van der Waals surface area contributed by atoms with E-state index in [9.17, 15) is 9.59 Å². The van der Waals surface area contributed by atoms with E-state index in [-0.39, 0.29) is 17.6 Å². The first kappa shape index (κ1) is 19.8. The number of nitrogens with one attached hydrogen (secondary N) is 2. The minimum atomic E-state index is -0.0132. The third-order valence-electron chi connectivity index (χ3n) is 7.48. The van der Waals surface area contributed by atoms with Crippen molar-refractivity contribution >= 4 is 28.3 Å². The molecule has 2 heterocycles. The van der Waals surface area contributed by atoms with Gasteiger partial charge in [-0.05, 0) is 56.7 Å². The summed E-state index contributed by atoms with van der Waals surface area (Å²) in [6.45, 7) is 2.43. The zero-order valence-electron chi connectivity index (χ0n) is 17.8. The maximum absolute atomic E-state index is 12.9. The Morgan fingerprint density at radius 1 is 0.933 bits per heavy atom. The lowest BCUT2D eigenvalue weighted by Crippen LogP contribution is -2.41. The maximum atomic E-state index is 12.9. The lowest BCUT2D eigenvalue weighted by Gasteiger charge is -2.37. The Kier molecular flexibility index (Phi) is 5.64. The summed E-state index contributed by atoms with van der Waals surface area (Å²) < 4.78 is 0. The normalized spacial score (nSPS) is 21.7. The van der Waals surface area contributed by atoms with Crippen molar-refractivity contribution in [3.05, 3.63) is 30.0 Å². The number of nitrogens with zero attached hydrogens (tertiary/aromatic N) is 1. The van der Waals surface area contributed by atoms with Gasteiger partial charge in [-0.1, -0.05) is 50.3 Å². The molecule has 5 heteroatoms. The minimum Gasteiger partial charge on any atom is -0.350 e. The highest BCUT2D eigenvalue weighted by atomic mass is 16.2. The SMILES string of the molecule is O=C(CN1CCC(C2CCCCC2)CC1)Nc1c(C(=O)C2CC2)[nH]c2ccccc12. The van der Waals surface area contributed by atoms with Crippen LogP contribution >= 0.6 is 0 Å². The zero-order chi connectivity index (χ0) is 20.5. The van der Waals surface area contributed by atoms with E-state index in [0.29, 0.717) is 17.9 Å². The van der Waals surface area contributed by atoms with Crippen molar-refractivity contribution in [1.82, 2.24) is 9.88 Å². The van der Waals surface area contributed by atoms with E-state index in [4.69, 9.17) is 0 Å². The topological polar surface area (TPSA) is 65.2 Å². The standard InChI is InChI=1S/C25H33N3O2/c29-22(16-28-14-12-18(13-15-28)17-6-2-1-3-7-17)27-23-20-8-4-5-9-21(20)26-24(23)25(30)19-10-11-19/h4-5,8-9,17-19,26H,1-3,6-7,10-16H2,(H,27,29). The van der Waals surface area contributed by atoms with Crippen molar-refractivity contribution in [3.8, 4) is 0 Å². The van der Waals surface area contributed by atoms with Crippen molar-refractivity contribution in [3.63, 3.8) is 0 Å². The van der Waals surface area contributed by atoms with Gasteiger partial charge in [0, 0.05) is 16.8 Å². The van der Waals surface area contributed by atoms with Crippen LogP contribution in [0.25, 0.3) is 10.9 Å². The number of anilines is 1. The van der Waals surface area contributed by atoms with E-state index < -0.39 is 0 Å². The van der Waals surface area contributed by atoms with Gasteiger partial charge in [-0.2, -0.15) is 0 Å². The fraction of sp³-hybridized carbons (Fsp3) is 0.600. The summed E-state index contributed by atoms with van der Waals surface area (Å²) in [5.74, 6) is 2.00. The zero-order valence-corrected chi connectivity index (χ0v) is 17.8. The highest BCUT2D eigenvalue weighted by molar-refractivity contribution is 6.14. The van der Waals surface area contributed by atoms with E-state index >= 15 is 0 Å². The van der Waals surface area contributed by atoms with Gasteiger partial charge in [0.05, 0.1) is 12.2 Å². The summed E-state index contributed by atoms with van der Waals surface area (Å²) in [6.07, 6.45) is 11.4. The number of carbonyl (C=O) groups is 2. The number of rotatable bonds is 6. The average molecular weight is 408 g/mol. The highest BCUT2D eigenvalue weighted by Crippen LogP contribution is 2.38. The first-order chi connectivity index (χ1) is 14.7. The molecule has 160 valence electrons.